The van der Waals surface area contributed by atoms with Crippen LogP contribution in [-0.4, -0.2) is 38.6 Å². The maximum absolute atomic E-state index is 12.3. The molecule has 0 aliphatic carbocycles. The molecule has 0 spiro atoms. The standard InChI is InChI=1S/C21H23ClN4O2/c22-13-19-24-18-7-4-10-23-20(18)26(19)14-16-8-11-25(12-9-16)21(27)28-15-17-5-2-1-3-6-17/h1-7,10,16H,8-9,11-15H2. The highest BCUT2D eigenvalue weighted by molar-refractivity contribution is 6.16. The minimum Gasteiger partial charge on any atom is -0.445 e. The lowest BCUT2D eigenvalue weighted by atomic mass is 9.97. The maximum atomic E-state index is 12.3. The predicted octanol–water partition coefficient (Wildman–Crippen LogP) is 4.22. The van der Waals surface area contributed by atoms with Gasteiger partial charge in [0.25, 0.3) is 0 Å². The first kappa shape index (κ1) is 18.7. The van der Waals surface area contributed by atoms with Crippen LogP contribution in [0.1, 0.15) is 24.2 Å². The van der Waals surface area contributed by atoms with Crippen molar-refractivity contribution in [3.8, 4) is 0 Å². The van der Waals surface area contributed by atoms with Gasteiger partial charge in [-0.1, -0.05) is 30.3 Å². The van der Waals surface area contributed by atoms with Crippen LogP contribution in [-0.2, 0) is 23.8 Å². The van der Waals surface area contributed by atoms with Gasteiger partial charge in [-0.15, -0.1) is 11.6 Å². The van der Waals surface area contributed by atoms with Crippen LogP contribution in [0.25, 0.3) is 11.2 Å². The number of rotatable bonds is 5. The van der Waals surface area contributed by atoms with E-state index in [1.807, 2.05) is 42.5 Å². The summed E-state index contributed by atoms with van der Waals surface area (Å²) in [7, 11) is 0. The average molecular weight is 399 g/mol. The fourth-order valence-electron chi connectivity index (χ4n) is 3.67. The van der Waals surface area contributed by atoms with Crippen LogP contribution < -0.4 is 0 Å². The van der Waals surface area contributed by atoms with E-state index in [1.165, 1.54) is 0 Å². The van der Waals surface area contributed by atoms with Crippen LogP contribution in [0, 0.1) is 5.92 Å². The van der Waals surface area contributed by atoms with Gasteiger partial charge in [0, 0.05) is 25.8 Å². The van der Waals surface area contributed by atoms with Crippen LogP contribution in [0.3, 0.4) is 0 Å². The van der Waals surface area contributed by atoms with Gasteiger partial charge in [-0.2, -0.15) is 0 Å². The van der Waals surface area contributed by atoms with E-state index in [0.717, 1.165) is 41.9 Å². The highest BCUT2D eigenvalue weighted by atomic mass is 35.5. The Kier molecular flexibility index (Phi) is 5.76. The zero-order chi connectivity index (χ0) is 19.3. The minimum atomic E-state index is -0.238. The Morgan fingerprint density at radius 1 is 1.14 bits per heavy atom. The zero-order valence-electron chi connectivity index (χ0n) is 15.6. The van der Waals surface area contributed by atoms with Gasteiger partial charge in [0.05, 0.1) is 5.88 Å². The van der Waals surface area contributed by atoms with Gasteiger partial charge >= 0.3 is 6.09 Å². The van der Waals surface area contributed by atoms with Gasteiger partial charge in [0.2, 0.25) is 0 Å². The fraction of sp³-hybridized carbons (Fsp3) is 0.381. The van der Waals surface area contributed by atoms with Gasteiger partial charge in [-0.25, -0.2) is 14.8 Å². The third-order valence-corrected chi connectivity index (χ3v) is 5.46. The zero-order valence-corrected chi connectivity index (χ0v) is 16.4. The van der Waals surface area contributed by atoms with Crippen LogP contribution >= 0.6 is 11.6 Å². The number of nitrogens with zero attached hydrogens (tertiary/aromatic N) is 4. The first-order chi connectivity index (χ1) is 13.7. The van der Waals surface area contributed by atoms with E-state index in [2.05, 4.69) is 14.5 Å². The smallest absolute Gasteiger partial charge is 0.410 e. The maximum Gasteiger partial charge on any atom is 0.410 e. The Labute approximate surface area is 169 Å². The van der Waals surface area contributed by atoms with Gasteiger partial charge in [0.1, 0.15) is 17.9 Å². The molecule has 0 bridgehead atoms. The SMILES string of the molecule is O=C(OCc1ccccc1)N1CCC(Cn2c(CCl)nc3cccnc32)CC1. The normalized spacial score (nSPS) is 15.1. The molecule has 0 radical (unpaired) electrons. The predicted molar refractivity (Wildman–Crippen MR) is 108 cm³/mol. The van der Waals surface area contributed by atoms with Crippen molar-refractivity contribution in [2.75, 3.05) is 13.1 Å². The van der Waals surface area contributed by atoms with Crippen molar-refractivity contribution in [1.82, 2.24) is 19.4 Å². The summed E-state index contributed by atoms with van der Waals surface area (Å²) in [6.45, 7) is 2.54. The van der Waals surface area contributed by atoms with E-state index in [1.54, 1.807) is 11.1 Å². The summed E-state index contributed by atoms with van der Waals surface area (Å²) in [5, 5.41) is 0. The van der Waals surface area contributed by atoms with Crippen LogP contribution in [0.15, 0.2) is 48.7 Å². The highest BCUT2D eigenvalue weighted by Gasteiger charge is 2.25. The van der Waals surface area contributed by atoms with Crippen molar-refractivity contribution in [3.63, 3.8) is 0 Å². The van der Waals surface area contributed by atoms with Crippen molar-refractivity contribution in [1.29, 1.82) is 0 Å². The number of imidazole rings is 1. The van der Waals surface area contributed by atoms with E-state index in [-0.39, 0.29) is 6.09 Å². The molecule has 3 heterocycles. The Balaban J connectivity index is 1.33. The molecule has 1 saturated heterocycles. The third kappa shape index (κ3) is 4.12. The molecule has 28 heavy (non-hydrogen) atoms. The van der Waals surface area contributed by atoms with Crippen molar-refractivity contribution in [3.05, 3.63) is 60.0 Å². The number of amides is 1. The summed E-state index contributed by atoms with van der Waals surface area (Å²) in [5.74, 6) is 1.67. The van der Waals surface area contributed by atoms with E-state index in [4.69, 9.17) is 16.3 Å². The Bertz CT molecular complexity index is 936. The number of aromatic nitrogens is 3. The molecule has 4 rings (SSSR count). The number of piperidine rings is 1. The van der Waals surface area contributed by atoms with E-state index in [0.29, 0.717) is 31.5 Å². The second kappa shape index (κ2) is 8.61. The van der Waals surface area contributed by atoms with Crippen LogP contribution in [0.5, 0.6) is 0 Å². The number of carbonyl (C=O) groups is 1. The fourth-order valence-corrected chi connectivity index (χ4v) is 3.87. The lowest BCUT2D eigenvalue weighted by molar-refractivity contribution is 0.0807. The number of hydrogen-bond acceptors (Lipinski definition) is 4. The number of ether oxygens (including phenoxy) is 1. The lowest BCUT2D eigenvalue weighted by Crippen LogP contribution is -2.39. The number of fused-ring (bicyclic) bond motifs is 1. The first-order valence-electron chi connectivity index (χ1n) is 9.56. The van der Waals surface area contributed by atoms with Crippen molar-refractivity contribution >= 4 is 28.9 Å². The number of carbonyl (C=O) groups excluding carboxylic acids is 1. The molecule has 0 unspecified atom stereocenters. The number of benzene rings is 1. The molecule has 0 N–H and O–H groups in total. The molecule has 7 heteroatoms. The second-order valence-electron chi connectivity index (χ2n) is 7.09. The quantitative estimate of drug-likeness (QED) is 0.604. The van der Waals surface area contributed by atoms with Crippen LogP contribution in [0.4, 0.5) is 4.79 Å². The Morgan fingerprint density at radius 3 is 2.68 bits per heavy atom. The minimum absolute atomic E-state index is 0.238. The number of halogens is 1. The molecule has 146 valence electrons. The summed E-state index contributed by atoms with van der Waals surface area (Å²) in [6.07, 6.45) is 3.39. The molecular weight excluding hydrogens is 376 g/mol. The lowest BCUT2D eigenvalue weighted by Gasteiger charge is -2.31. The molecule has 0 saturated carbocycles. The van der Waals surface area contributed by atoms with E-state index in [9.17, 15) is 4.79 Å². The van der Waals surface area contributed by atoms with Gasteiger partial charge in [-0.05, 0) is 36.5 Å². The molecule has 1 aromatic carbocycles. The molecule has 1 fully saturated rings. The monoisotopic (exact) mass is 398 g/mol. The summed E-state index contributed by atoms with van der Waals surface area (Å²) < 4.78 is 7.57. The molecular formula is C21H23ClN4O2. The van der Waals surface area contributed by atoms with Crippen molar-refractivity contribution in [2.45, 2.75) is 31.9 Å². The molecule has 1 amide bonds. The Hall–Kier alpha value is -2.60. The molecule has 1 aliphatic rings. The number of alkyl halides is 1. The molecule has 0 atom stereocenters. The van der Waals surface area contributed by atoms with E-state index < -0.39 is 0 Å². The summed E-state index contributed by atoms with van der Waals surface area (Å²) in [6, 6.07) is 13.6. The molecule has 1 aliphatic heterocycles. The summed E-state index contributed by atoms with van der Waals surface area (Å²) in [4.78, 5) is 23.2. The van der Waals surface area contributed by atoms with Gasteiger partial charge < -0.3 is 14.2 Å². The summed E-state index contributed by atoms with van der Waals surface area (Å²) in [5.41, 5.74) is 2.75. The second-order valence-corrected chi connectivity index (χ2v) is 7.36. The topological polar surface area (TPSA) is 60.2 Å². The number of pyridine rings is 1. The van der Waals surface area contributed by atoms with Crippen molar-refractivity contribution < 1.29 is 9.53 Å². The summed E-state index contributed by atoms with van der Waals surface area (Å²) >= 11 is 6.09. The largest absolute Gasteiger partial charge is 0.445 e. The Morgan fingerprint density at radius 2 is 1.93 bits per heavy atom. The first-order valence-corrected chi connectivity index (χ1v) is 10.1. The number of hydrogen-bond donors (Lipinski definition) is 0. The average Bonchev–Trinajstić information content (AvgIpc) is 3.11. The van der Waals surface area contributed by atoms with Gasteiger partial charge in [0.15, 0.2) is 5.65 Å². The molecule has 3 aromatic rings. The van der Waals surface area contributed by atoms with E-state index >= 15 is 0 Å². The molecule has 6 nitrogen and oxygen atoms in total. The van der Waals surface area contributed by atoms with Gasteiger partial charge in [-0.3, -0.25) is 0 Å². The number of likely N-dealkylation sites (tertiary alicyclic amines) is 1. The van der Waals surface area contributed by atoms with Crippen molar-refractivity contribution in [2.24, 2.45) is 5.92 Å². The van der Waals surface area contributed by atoms with Crippen LogP contribution in [0.2, 0.25) is 0 Å². The highest BCUT2D eigenvalue weighted by Crippen LogP contribution is 2.24. The third-order valence-electron chi connectivity index (χ3n) is 5.22. The molecule has 2 aromatic heterocycles.